The zero-order chi connectivity index (χ0) is 20.1. The molecule has 0 fully saturated rings. The summed E-state index contributed by atoms with van der Waals surface area (Å²) in [5.41, 5.74) is 11.3. The molecule has 1 aliphatic heterocycles. The standard InChI is InChI=1S/C21H18N6O2/c1-11-6-14(26-21(28)29)9-27-18(11)16(17-19(22)24-10-25-20(17)27)13-7-12-4-2-3-5-15(12)23-8-13/h2-5,7-8,10,14,26H,1,6,9H2,(H,28,29)(H2,22,24,25). The van der Waals surface area contributed by atoms with Crippen molar-refractivity contribution in [2.45, 2.75) is 19.0 Å². The molecule has 144 valence electrons. The number of nitrogen functional groups attached to an aromatic ring is 1. The van der Waals surface area contributed by atoms with Crippen molar-refractivity contribution in [3.05, 3.63) is 55.1 Å². The summed E-state index contributed by atoms with van der Waals surface area (Å²) in [7, 11) is 0. The highest BCUT2D eigenvalue weighted by molar-refractivity contribution is 6.06. The van der Waals surface area contributed by atoms with Gasteiger partial charge >= 0.3 is 6.09 Å². The van der Waals surface area contributed by atoms with E-state index in [1.807, 2.05) is 35.0 Å². The maximum Gasteiger partial charge on any atom is 0.404 e. The molecule has 0 radical (unpaired) electrons. The lowest BCUT2D eigenvalue weighted by Gasteiger charge is -2.27. The Hall–Kier alpha value is -3.94. The summed E-state index contributed by atoms with van der Waals surface area (Å²) in [4.78, 5) is 24.4. The van der Waals surface area contributed by atoms with Gasteiger partial charge in [-0.15, -0.1) is 0 Å². The van der Waals surface area contributed by atoms with E-state index in [0.717, 1.165) is 38.7 Å². The predicted molar refractivity (Wildman–Crippen MR) is 111 cm³/mol. The molecule has 3 aromatic heterocycles. The Bertz CT molecular complexity index is 1310. The van der Waals surface area contributed by atoms with Gasteiger partial charge in [-0.05, 0) is 24.1 Å². The molecule has 0 saturated carbocycles. The van der Waals surface area contributed by atoms with Crippen molar-refractivity contribution >= 4 is 39.4 Å². The number of pyridine rings is 1. The molecule has 0 bridgehead atoms. The molecule has 1 atom stereocenters. The summed E-state index contributed by atoms with van der Waals surface area (Å²) in [5, 5.41) is 13.4. The molecule has 4 aromatic rings. The lowest BCUT2D eigenvalue weighted by atomic mass is 9.94. The van der Waals surface area contributed by atoms with E-state index < -0.39 is 6.09 Å². The fourth-order valence-corrected chi connectivity index (χ4v) is 4.18. The summed E-state index contributed by atoms with van der Waals surface area (Å²) in [5.74, 6) is 0.371. The van der Waals surface area contributed by atoms with Crippen LogP contribution in [0.2, 0.25) is 0 Å². The Morgan fingerprint density at radius 1 is 1.28 bits per heavy atom. The Morgan fingerprint density at radius 3 is 2.93 bits per heavy atom. The Balaban J connectivity index is 1.79. The van der Waals surface area contributed by atoms with Gasteiger partial charge in [-0.3, -0.25) is 4.98 Å². The van der Waals surface area contributed by atoms with E-state index in [1.54, 1.807) is 0 Å². The molecule has 8 nitrogen and oxygen atoms in total. The third kappa shape index (κ3) is 2.68. The second kappa shape index (κ2) is 6.30. The van der Waals surface area contributed by atoms with Crippen LogP contribution in [-0.4, -0.2) is 36.8 Å². The summed E-state index contributed by atoms with van der Waals surface area (Å²) in [6.45, 7) is 4.66. The Kier molecular flexibility index (Phi) is 3.73. The minimum Gasteiger partial charge on any atom is -0.465 e. The first kappa shape index (κ1) is 17.2. The summed E-state index contributed by atoms with van der Waals surface area (Å²) >= 11 is 0. The quantitative estimate of drug-likeness (QED) is 0.486. The van der Waals surface area contributed by atoms with Gasteiger partial charge in [-0.1, -0.05) is 24.8 Å². The monoisotopic (exact) mass is 386 g/mol. The molecular weight excluding hydrogens is 368 g/mol. The van der Waals surface area contributed by atoms with E-state index in [4.69, 9.17) is 10.8 Å². The molecule has 0 aliphatic carbocycles. The van der Waals surface area contributed by atoms with Gasteiger partial charge in [-0.25, -0.2) is 14.8 Å². The van der Waals surface area contributed by atoms with E-state index >= 15 is 0 Å². The van der Waals surface area contributed by atoms with E-state index in [1.165, 1.54) is 6.33 Å². The number of fused-ring (bicyclic) bond motifs is 4. The molecule has 4 N–H and O–H groups in total. The molecule has 29 heavy (non-hydrogen) atoms. The van der Waals surface area contributed by atoms with Gasteiger partial charge in [0.15, 0.2) is 0 Å². The molecule has 1 amide bonds. The molecule has 0 saturated heterocycles. The van der Waals surface area contributed by atoms with Crippen LogP contribution in [0.4, 0.5) is 10.6 Å². The smallest absolute Gasteiger partial charge is 0.404 e. The summed E-state index contributed by atoms with van der Waals surface area (Å²) < 4.78 is 1.98. The molecular formula is C21H18N6O2. The second-order valence-electron chi connectivity index (χ2n) is 7.16. The number of nitrogens with two attached hydrogens (primary N) is 1. The first-order chi connectivity index (χ1) is 14.0. The van der Waals surface area contributed by atoms with E-state index in [9.17, 15) is 4.79 Å². The molecule has 4 heterocycles. The second-order valence-corrected chi connectivity index (χ2v) is 7.16. The molecule has 1 unspecified atom stereocenters. The van der Waals surface area contributed by atoms with Crippen LogP contribution in [0.1, 0.15) is 12.1 Å². The van der Waals surface area contributed by atoms with Crippen molar-refractivity contribution in [1.82, 2.24) is 24.8 Å². The van der Waals surface area contributed by atoms with Gasteiger partial charge in [0.05, 0.1) is 22.6 Å². The van der Waals surface area contributed by atoms with E-state index in [-0.39, 0.29) is 6.04 Å². The average Bonchev–Trinajstić information content (AvgIpc) is 3.03. The van der Waals surface area contributed by atoms with Crippen molar-refractivity contribution in [1.29, 1.82) is 0 Å². The Labute approximate surface area is 165 Å². The minimum atomic E-state index is -1.06. The van der Waals surface area contributed by atoms with Gasteiger partial charge in [0.25, 0.3) is 0 Å². The van der Waals surface area contributed by atoms with Crippen LogP contribution in [0.15, 0.2) is 49.4 Å². The largest absolute Gasteiger partial charge is 0.465 e. The fourth-order valence-electron chi connectivity index (χ4n) is 4.18. The number of hydrogen-bond acceptors (Lipinski definition) is 5. The minimum absolute atomic E-state index is 0.290. The number of rotatable bonds is 2. The van der Waals surface area contributed by atoms with Crippen molar-refractivity contribution in [2.24, 2.45) is 0 Å². The van der Waals surface area contributed by atoms with Crippen LogP contribution in [0.3, 0.4) is 0 Å². The number of nitrogens with one attached hydrogen (secondary N) is 1. The van der Waals surface area contributed by atoms with Crippen LogP contribution in [0, 0.1) is 0 Å². The molecule has 1 aromatic carbocycles. The maximum absolute atomic E-state index is 11.2. The Morgan fingerprint density at radius 2 is 2.10 bits per heavy atom. The number of nitrogens with zero attached hydrogens (tertiary/aromatic N) is 4. The number of benzene rings is 1. The predicted octanol–water partition coefficient (Wildman–Crippen LogP) is 3.28. The first-order valence-electron chi connectivity index (χ1n) is 9.18. The lowest BCUT2D eigenvalue weighted by Crippen LogP contribution is -2.39. The highest BCUT2D eigenvalue weighted by Crippen LogP contribution is 2.43. The number of amides is 1. The van der Waals surface area contributed by atoms with Crippen LogP contribution < -0.4 is 11.1 Å². The van der Waals surface area contributed by atoms with Crippen molar-refractivity contribution in [2.75, 3.05) is 5.73 Å². The lowest BCUT2D eigenvalue weighted by molar-refractivity contribution is 0.188. The normalized spacial score (nSPS) is 16.1. The summed E-state index contributed by atoms with van der Waals surface area (Å²) in [6, 6.07) is 9.68. The highest BCUT2D eigenvalue weighted by Gasteiger charge is 2.30. The van der Waals surface area contributed by atoms with Crippen LogP contribution in [-0.2, 0) is 6.54 Å². The zero-order valence-electron chi connectivity index (χ0n) is 15.5. The molecule has 5 rings (SSSR count). The molecule has 0 spiro atoms. The van der Waals surface area contributed by atoms with Crippen LogP contribution in [0.5, 0.6) is 0 Å². The first-order valence-corrected chi connectivity index (χ1v) is 9.18. The SMILES string of the molecule is C=C1CC(NC(=O)O)Cn2c1c(-c1cnc3ccccc3c1)c1c(N)ncnc12. The topological polar surface area (TPSA) is 119 Å². The number of aromatic nitrogens is 4. The number of carboxylic acid groups (broad SMARTS) is 1. The number of para-hydroxylation sites is 1. The van der Waals surface area contributed by atoms with Gasteiger partial charge in [0, 0.05) is 29.3 Å². The van der Waals surface area contributed by atoms with Crippen LogP contribution in [0.25, 0.3) is 38.6 Å². The number of carbonyl (C=O) groups is 1. The third-order valence-corrected chi connectivity index (χ3v) is 5.31. The fraction of sp³-hybridized carbons (Fsp3) is 0.143. The number of anilines is 1. The summed E-state index contributed by atoms with van der Waals surface area (Å²) in [6.07, 6.45) is 2.68. The zero-order valence-corrected chi connectivity index (χ0v) is 15.5. The van der Waals surface area contributed by atoms with Crippen molar-refractivity contribution in [3.8, 4) is 11.1 Å². The maximum atomic E-state index is 11.2. The average molecular weight is 386 g/mol. The van der Waals surface area contributed by atoms with Crippen molar-refractivity contribution in [3.63, 3.8) is 0 Å². The van der Waals surface area contributed by atoms with E-state index in [0.29, 0.717) is 24.4 Å². The number of hydrogen-bond donors (Lipinski definition) is 3. The van der Waals surface area contributed by atoms with Gasteiger partial charge in [0.1, 0.15) is 17.8 Å². The highest BCUT2D eigenvalue weighted by atomic mass is 16.4. The van der Waals surface area contributed by atoms with Gasteiger partial charge < -0.3 is 20.7 Å². The van der Waals surface area contributed by atoms with E-state index in [2.05, 4.69) is 32.9 Å². The van der Waals surface area contributed by atoms with Gasteiger partial charge in [0.2, 0.25) is 0 Å². The van der Waals surface area contributed by atoms with Crippen LogP contribution >= 0.6 is 0 Å². The third-order valence-electron chi connectivity index (χ3n) is 5.31. The molecule has 8 heteroatoms. The van der Waals surface area contributed by atoms with Crippen molar-refractivity contribution < 1.29 is 9.90 Å². The molecule has 1 aliphatic rings. The van der Waals surface area contributed by atoms with Gasteiger partial charge in [-0.2, -0.15) is 0 Å².